The molecule has 2 rings (SSSR count). The Kier molecular flexibility index (Phi) is 3.74. The minimum atomic E-state index is 0.969. The van der Waals surface area contributed by atoms with E-state index in [1.54, 1.807) is 17.5 Å². The fourth-order valence-corrected chi connectivity index (χ4v) is 2.80. The molecule has 3 nitrogen and oxygen atoms in total. The van der Waals surface area contributed by atoms with Crippen LogP contribution >= 0.6 is 11.3 Å². The molecule has 0 N–H and O–H groups in total. The molecule has 0 aliphatic heterocycles. The summed E-state index contributed by atoms with van der Waals surface area (Å²) in [5, 5.41) is 2.33. The summed E-state index contributed by atoms with van der Waals surface area (Å²) in [6.07, 6.45) is 4.63. The lowest BCUT2D eigenvalue weighted by atomic mass is 10.3. The van der Waals surface area contributed by atoms with Gasteiger partial charge in [-0.2, -0.15) is 0 Å². The minimum Gasteiger partial charge on any atom is -0.365 e. The van der Waals surface area contributed by atoms with E-state index < -0.39 is 0 Å². The van der Waals surface area contributed by atoms with Crippen LogP contribution in [0.4, 0.5) is 5.00 Å². The maximum absolute atomic E-state index is 4.70. The van der Waals surface area contributed by atoms with Crippen molar-refractivity contribution >= 4 is 16.3 Å². The molecule has 2 heterocycles. The molecule has 0 saturated heterocycles. The van der Waals surface area contributed by atoms with Crippen molar-refractivity contribution < 1.29 is 0 Å². The van der Waals surface area contributed by atoms with Crippen LogP contribution in [-0.4, -0.2) is 23.6 Å². The van der Waals surface area contributed by atoms with E-state index >= 15 is 0 Å². The summed E-state index contributed by atoms with van der Waals surface area (Å²) in [7, 11) is 2.11. The Morgan fingerprint density at radius 2 is 2.18 bits per heavy atom. The number of anilines is 1. The van der Waals surface area contributed by atoms with Crippen LogP contribution in [0.3, 0.4) is 0 Å². The molecule has 0 aliphatic carbocycles. The van der Waals surface area contributed by atoms with Crippen LogP contribution in [-0.2, 0) is 6.42 Å². The first-order chi connectivity index (χ1) is 8.26. The van der Waals surface area contributed by atoms with E-state index in [1.807, 2.05) is 12.3 Å². The van der Waals surface area contributed by atoms with Gasteiger partial charge in [-0.25, -0.2) is 4.98 Å². The fourth-order valence-electron chi connectivity index (χ4n) is 1.63. The van der Waals surface area contributed by atoms with Crippen molar-refractivity contribution in [3.63, 3.8) is 0 Å². The van der Waals surface area contributed by atoms with Crippen molar-refractivity contribution in [2.45, 2.75) is 20.3 Å². The van der Waals surface area contributed by atoms with E-state index in [0.717, 1.165) is 23.5 Å². The summed E-state index contributed by atoms with van der Waals surface area (Å²) in [5.41, 5.74) is 2.28. The van der Waals surface area contributed by atoms with Crippen molar-refractivity contribution in [2.75, 3.05) is 18.5 Å². The number of nitrogens with zero attached hydrogens (tertiary/aromatic N) is 3. The largest absolute Gasteiger partial charge is 0.365 e. The molecule has 0 unspecified atom stereocenters. The summed E-state index contributed by atoms with van der Waals surface area (Å²) < 4.78 is 0. The molecule has 0 saturated carbocycles. The molecule has 0 bridgehead atoms. The van der Waals surface area contributed by atoms with Crippen LogP contribution < -0.4 is 4.90 Å². The summed E-state index contributed by atoms with van der Waals surface area (Å²) in [5.74, 6) is 0. The summed E-state index contributed by atoms with van der Waals surface area (Å²) in [6.45, 7) is 5.31. The molecule has 0 fully saturated rings. The van der Waals surface area contributed by atoms with Gasteiger partial charge in [-0.3, -0.25) is 4.98 Å². The highest BCUT2D eigenvalue weighted by Gasteiger charge is 2.13. The van der Waals surface area contributed by atoms with Gasteiger partial charge in [0.25, 0.3) is 0 Å². The monoisotopic (exact) mass is 247 g/mol. The lowest BCUT2D eigenvalue weighted by Crippen LogP contribution is -2.15. The zero-order chi connectivity index (χ0) is 12.3. The van der Waals surface area contributed by atoms with Gasteiger partial charge in [-0.05, 0) is 25.5 Å². The van der Waals surface area contributed by atoms with Crippen molar-refractivity contribution in [2.24, 2.45) is 0 Å². The quantitative estimate of drug-likeness (QED) is 0.830. The van der Waals surface area contributed by atoms with Crippen molar-refractivity contribution in [1.82, 2.24) is 9.97 Å². The molecule has 0 radical (unpaired) electrons. The van der Waals surface area contributed by atoms with Crippen LogP contribution in [0.15, 0.2) is 24.5 Å². The van der Waals surface area contributed by atoms with E-state index in [0.29, 0.717) is 0 Å². The topological polar surface area (TPSA) is 29.0 Å². The van der Waals surface area contributed by atoms with E-state index in [2.05, 4.69) is 36.8 Å². The third-order valence-corrected chi connectivity index (χ3v) is 4.00. The first-order valence-electron chi connectivity index (χ1n) is 5.87. The van der Waals surface area contributed by atoms with Crippen LogP contribution in [0, 0.1) is 0 Å². The first kappa shape index (κ1) is 12.0. The van der Waals surface area contributed by atoms with Gasteiger partial charge in [0.1, 0.15) is 10.0 Å². The Balaban J connectivity index is 2.41. The van der Waals surface area contributed by atoms with Gasteiger partial charge in [0.05, 0.1) is 5.69 Å². The predicted molar refractivity (Wildman–Crippen MR) is 73.7 cm³/mol. The molecule has 0 spiro atoms. The van der Waals surface area contributed by atoms with Gasteiger partial charge in [0.15, 0.2) is 0 Å². The second-order valence-electron chi connectivity index (χ2n) is 3.88. The predicted octanol–water partition coefficient (Wildman–Crippen LogP) is 3.22. The molecule has 2 aromatic rings. The number of hydrogen-bond donors (Lipinski definition) is 0. The highest BCUT2D eigenvalue weighted by molar-refractivity contribution is 7.19. The maximum atomic E-state index is 4.70. The molecule has 2 aromatic heterocycles. The lowest BCUT2D eigenvalue weighted by Gasteiger charge is -2.14. The molecule has 0 atom stereocenters. The van der Waals surface area contributed by atoms with E-state index in [1.165, 1.54) is 10.7 Å². The average molecular weight is 247 g/mol. The van der Waals surface area contributed by atoms with Crippen molar-refractivity contribution in [3.05, 3.63) is 30.2 Å². The minimum absolute atomic E-state index is 0.969. The number of pyridine rings is 1. The molecule has 90 valence electrons. The lowest BCUT2D eigenvalue weighted by molar-refractivity contribution is 0.949. The number of rotatable bonds is 4. The highest BCUT2D eigenvalue weighted by atomic mass is 32.1. The van der Waals surface area contributed by atoms with Crippen LogP contribution in [0.5, 0.6) is 0 Å². The molecule has 0 aromatic carbocycles. The average Bonchev–Trinajstić information content (AvgIpc) is 2.83. The zero-order valence-corrected chi connectivity index (χ0v) is 11.3. The first-order valence-corrected chi connectivity index (χ1v) is 6.69. The van der Waals surface area contributed by atoms with Gasteiger partial charge in [0.2, 0.25) is 0 Å². The summed E-state index contributed by atoms with van der Waals surface area (Å²) in [6, 6.07) is 4.01. The second-order valence-corrected chi connectivity index (χ2v) is 4.86. The number of aryl methyl sites for hydroxylation is 1. The Labute approximate surface area is 106 Å². The summed E-state index contributed by atoms with van der Waals surface area (Å²) >= 11 is 1.74. The number of thiazole rings is 1. The SMILES string of the molecule is CCc1nc(-c2cccnc2)sc1N(C)CC. The maximum Gasteiger partial charge on any atom is 0.127 e. The van der Waals surface area contributed by atoms with Crippen LogP contribution in [0.25, 0.3) is 10.6 Å². The Bertz CT molecular complexity index is 479. The van der Waals surface area contributed by atoms with Crippen LogP contribution in [0.1, 0.15) is 19.5 Å². The Hall–Kier alpha value is -1.42. The van der Waals surface area contributed by atoms with Gasteiger partial charge < -0.3 is 4.90 Å². The number of aromatic nitrogens is 2. The smallest absolute Gasteiger partial charge is 0.127 e. The molecule has 4 heteroatoms. The van der Waals surface area contributed by atoms with Gasteiger partial charge in [0, 0.05) is 31.5 Å². The van der Waals surface area contributed by atoms with E-state index in [-0.39, 0.29) is 0 Å². The molecule has 0 amide bonds. The number of hydrogen-bond acceptors (Lipinski definition) is 4. The molecule has 17 heavy (non-hydrogen) atoms. The van der Waals surface area contributed by atoms with Gasteiger partial charge in [-0.15, -0.1) is 0 Å². The van der Waals surface area contributed by atoms with Gasteiger partial charge in [-0.1, -0.05) is 18.3 Å². The van der Waals surface area contributed by atoms with Crippen molar-refractivity contribution in [3.8, 4) is 10.6 Å². The van der Waals surface area contributed by atoms with E-state index in [9.17, 15) is 0 Å². The highest BCUT2D eigenvalue weighted by Crippen LogP contribution is 2.33. The third-order valence-electron chi connectivity index (χ3n) is 2.74. The molecule has 0 aliphatic rings. The Morgan fingerprint density at radius 1 is 1.35 bits per heavy atom. The van der Waals surface area contributed by atoms with Crippen LogP contribution in [0.2, 0.25) is 0 Å². The standard InChI is InChI=1S/C13H17N3S/c1-4-11-13(16(3)5-2)17-12(15-11)10-7-6-8-14-9-10/h6-9H,4-5H2,1-3H3. The second kappa shape index (κ2) is 5.27. The fraction of sp³-hybridized carbons (Fsp3) is 0.385. The van der Waals surface area contributed by atoms with Gasteiger partial charge >= 0.3 is 0 Å². The van der Waals surface area contributed by atoms with E-state index in [4.69, 9.17) is 4.98 Å². The zero-order valence-electron chi connectivity index (χ0n) is 10.5. The van der Waals surface area contributed by atoms with Crippen molar-refractivity contribution in [1.29, 1.82) is 0 Å². The third kappa shape index (κ3) is 2.47. The molecular formula is C13H17N3S. The Morgan fingerprint density at radius 3 is 2.76 bits per heavy atom. The molecular weight excluding hydrogens is 230 g/mol. The normalized spacial score (nSPS) is 10.5. The summed E-state index contributed by atoms with van der Waals surface area (Å²) in [4.78, 5) is 11.1.